The third kappa shape index (κ3) is 3.12. The molecule has 0 fully saturated rings. The summed E-state index contributed by atoms with van der Waals surface area (Å²) < 4.78 is 5.37. The number of nitrogens with one attached hydrogen (secondary N) is 1. The predicted molar refractivity (Wildman–Crippen MR) is 60.8 cm³/mol. The number of furan rings is 1. The standard InChI is InChI=1S/C12H18N2O/c1-3-5-6-7-11(14-13)10-8-9-15-12(10)4-2/h8-9,11,14H,4,6-7,13H2,1-2H3. The summed E-state index contributed by atoms with van der Waals surface area (Å²) in [5.74, 6) is 12.4. The summed E-state index contributed by atoms with van der Waals surface area (Å²) in [5.41, 5.74) is 3.96. The van der Waals surface area contributed by atoms with Crippen LogP contribution in [0.5, 0.6) is 0 Å². The molecule has 0 saturated carbocycles. The summed E-state index contributed by atoms with van der Waals surface area (Å²) in [6.45, 7) is 3.92. The van der Waals surface area contributed by atoms with Crippen molar-refractivity contribution in [2.45, 2.75) is 39.2 Å². The van der Waals surface area contributed by atoms with Gasteiger partial charge in [-0.05, 0) is 19.4 Å². The molecule has 3 N–H and O–H groups in total. The first-order valence-electron chi connectivity index (χ1n) is 5.25. The van der Waals surface area contributed by atoms with E-state index >= 15 is 0 Å². The SMILES string of the molecule is CC#CCCC(NN)c1ccoc1CC. The van der Waals surface area contributed by atoms with E-state index in [9.17, 15) is 0 Å². The highest BCUT2D eigenvalue weighted by atomic mass is 16.3. The normalized spacial score (nSPS) is 11.9. The van der Waals surface area contributed by atoms with Gasteiger partial charge in [-0.2, -0.15) is 0 Å². The average Bonchev–Trinajstić information content (AvgIpc) is 2.72. The van der Waals surface area contributed by atoms with Crippen LogP contribution in [-0.2, 0) is 6.42 Å². The van der Waals surface area contributed by atoms with Gasteiger partial charge < -0.3 is 4.42 Å². The Hall–Kier alpha value is -1.24. The van der Waals surface area contributed by atoms with Crippen LogP contribution in [0, 0.1) is 11.8 Å². The summed E-state index contributed by atoms with van der Waals surface area (Å²) >= 11 is 0. The molecule has 0 aliphatic carbocycles. The van der Waals surface area contributed by atoms with Crippen LogP contribution in [0.3, 0.4) is 0 Å². The van der Waals surface area contributed by atoms with E-state index in [1.807, 2.05) is 13.0 Å². The van der Waals surface area contributed by atoms with E-state index < -0.39 is 0 Å². The fourth-order valence-corrected chi connectivity index (χ4v) is 1.62. The Balaban J connectivity index is 2.67. The van der Waals surface area contributed by atoms with Gasteiger partial charge in [0.25, 0.3) is 0 Å². The number of rotatable bonds is 5. The Bertz CT molecular complexity index is 346. The molecule has 0 saturated heterocycles. The molecule has 1 aromatic rings. The van der Waals surface area contributed by atoms with Crippen molar-refractivity contribution in [1.82, 2.24) is 5.43 Å². The summed E-state index contributed by atoms with van der Waals surface area (Å²) in [6.07, 6.45) is 4.35. The molecule has 1 rings (SSSR count). The van der Waals surface area contributed by atoms with E-state index in [0.717, 1.165) is 30.6 Å². The van der Waals surface area contributed by atoms with E-state index in [1.165, 1.54) is 0 Å². The van der Waals surface area contributed by atoms with Gasteiger partial charge in [-0.3, -0.25) is 11.3 Å². The molecule has 0 aromatic carbocycles. The fraction of sp³-hybridized carbons (Fsp3) is 0.500. The van der Waals surface area contributed by atoms with Gasteiger partial charge in [-0.15, -0.1) is 11.8 Å². The maximum Gasteiger partial charge on any atom is 0.108 e. The van der Waals surface area contributed by atoms with Crippen molar-refractivity contribution in [3.8, 4) is 11.8 Å². The van der Waals surface area contributed by atoms with Gasteiger partial charge in [0.05, 0.1) is 12.3 Å². The van der Waals surface area contributed by atoms with Gasteiger partial charge in [-0.1, -0.05) is 6.92 Å². The quantitative estimate of drug-likeness (QED) is 0.441. The van der Waals surface area contributed by atoms with Crippen LogP contribution in [0.1, 0.15) is 44.1 Å². The van der Waals surface area contributed by atoms with Crippen molar-refractivity contribution in [2.75, 3.05) is 0 Å². The smallest absolute Gasteiger partial charge is 0.108 e. The molecule has 3 heteroatoms. The Morgan fingerprint density at radius 2 is 2.40 bits per heavy atom. The van der Waals surface area contributed by atoms with Crippen LogP contribution in [0.15, 0.2) is 16.7 Å². The van der Waals surface area contributed by atoms with Crippen molar-refractivity contribution in [1.29, 1.82) is 0 Å². The molecule has 0 bridgehead atoms. The highest BCUT2D eigenvalue weighted by Crippen LogP contribution is 2.22. The molecule has 1 aromatic heterocycles. The molecule has 3 nitrogen and oxygen atoms in total. The molecule has 82 valence electrons. The Morgan fingerprint density at radius 3 is 3.00 bits per heavy atom. The summed E-state index contributed by atoms with van der Waals surface area (Å²) in [4.78, 5) is 0. The summed E-state index contributed by atoms with van der Waals surface area (Å²) in [6, 6.07) is 2.11. The van der Waals surface area contributed by atoms with Gasteiger partial charge in [0, 0.05) is 18.4 Å². The van der Waals surface area contributed by atoms with Crippen molar-refractivity contribution in [2.24, 2.45) is 5.84 Å². The van der Waals surface area contributed by atoms with Crippen molar-refractivity contribution < 1.29 is 4.42 Å². The number of nitrogens with two attached hydrogens (primary N) is 1. The van der Waals surface area contributed by atoms with E-state index in [2.05, 4.69) is 24.2 Å². The molecule has 0 amide bonds. The minimum absolute atomic E-state index is 0.138. The average molecular weight is 206 g/mol. The number of hydrazine groups is 1. The molecule has 1 heterocycles. The lowest BCUT2D eigenvalue weighted by Crippen LogP contribution is -2.28. The third-order valence-electron chi connectivity index (χ3n) is 2.41. The minimum atomic E-state index is 0.138. The number of aryl methyl sites for hydroxylation is 1. The second-order valence-electron chi connectivity index (χ2n) is 3.34. The molecule has 0 aliphatic heterocycles. The first kappa shape index (κ1) is 11.8. The van der Waals surface area contributed by atoms with Crippen molar-refractivity contribution in [3.05, 3.63) is 23.7 Å². The zero-order valence-corrected chi connectivity index (χ0v) is 9.34. The van der Waals surface area contributed by atoms with Gasteiger partial charge in [-0.25, -0.2) is 0 Å². The minimum Gasteiger partial charge on any atom is -0.469 e. The van der Waals surface area contributed by atoms with Crippen LogP contribution < -0.4 is 11.3 Å². The third-order valence-corrected chi connectivity index (χ3v) is 2.41. The topological polar surface area (TPSA) is 51.2 Å². The number of hydrogen-bond donors (Lipinski definition) is 2. The van der Waals surface area contributed by atoms with Gasteiger partial charge in [0.2, 0.25) is 0 Å². The largest absolute Gasteiger partial charge is 0.469 e. The molecule has 15 heavy (non-hydrogen) atoms. The van der Waals surface area contributed by atoms with E-state index in [1.54, 1.807) is 6.26 Å². The van der Waals surface area contributed by atoms with Crippen LogP contribution in [0.25, 0.3) is 0 Å². The molecular formula is C12H18N2O. The Morgan fingerprint density at radius 1 is 1.60 bits per heavy atom. The zero-order chi connectivity index (χ0) is 11.1. The molecule has 0 aliphatic rings. The summed E-state index contributed by atoms with van der Waals surface area (Å²) in [5, 5.41) is 0. The maximum atomic E-state index is 5.53. The van der Waals surface area contributed by atoms with E-state index in [0.29, 0.717) is 0 Å². The fourth-order valence-electron chi connectivity index (χ4n) is 1.62. The second kappa shape index (κ2) is 6.28. The number of hydrogen-bond acceptors (Lipinski definition) is 3. The van der Waals surface area contributed by atoms with Crippen molar-refractivity contribution >= 4 is 0 Å². The maximum absolute atomic E-state index is 5.53. The van der Waals surface area contributed by atoms with E-state index in [4.69, 9.17) is 10.3 Å². The molecule has 1 unspecified atom stereocenters. The molecular weight excluding hydrogens is 188 g/mol. The predicted octanol–water partition coefficient (Wildman–Crippen LogP) is 2.15. The Labute approximate surface area is 91.0 Å². The second-order valence-corrected chi connectivity index (χ2v) is 3.34. The molecule has 0 spiro atoms. The highest BCUT2D eigenvalue weighted by Gasteiger charge is 2.14. The lowest BCUT2D eigenvalue weighted by molar-refractivity contribution is 0.478. The van der Waals surface area contributed by atoms with Crippen molar-refractivity contribution in [3.63, 3.8) is 0 Å². The summed E-state index contributed by atoms with van der Waals surface area (Å²) in [7, 11) is 0. The van der Waals surface area contributed by atoms with Gasteiger partial charge >= 0.3 is 0 Å². The van der Waals surface area contributed by atoms with Crippen LogP contribution >= 0.6 is 0 Å². The Kier molecular flexibility index (Phi) is 4.96. The van der Waals surface area contributed by atoms with Crippen LogP contribution in [-0.4, -0.2) is 0 Å². The zero-order valence-electron chi connectivity index (χ0n) is 9.34. The van der Waals surface area contributed by atoms with Gasteiger partial charge in [0.15, 0.2) is 0 Å². The first-order valence-corrected chi connectivity index (χ1v) is 5.25. The van der Waals surface area contributed by atoms with E-state index in [-0.39, 0.29) is 6.04 Å². The molecule has 0 radical (unpaired) electrons. The first-order chi connectivity index (χ1) is 7.33. The molecule has 1 atom stereocenters. The lowest BCUT2D eigenvalue weighted by atomic mass is 10.0. The lowest BCUT2D eigenvalue weighted by Gasteiger charge is -2.14. The highest BCUT2D eigenvalue weighted by molar-refractivity contribution is 5.21. The van der Waals surface area contributed by atoms with Crippen LogP contribution in [0.4, 0.5) is 0 Å². The van der Waals surface area contributed by atoms with Crippen LogP contribution in [0.2, 0.25) is 0 Å². The monoisotopic (exact) mass is 206 g/mol. The van der Waals surface area contributed by atoms with Gasteiger partial charge in [0.1, 0.15) is 5.76 Å².